The SMILES string of the molecule is CCCn1cc(N)cc1C(=O)N(C)Cc1cccc(C)n1. The monoisotopic (exact) mass is 286 g/mol. The number of aromatic nitrogens is 2. The van der Waals surface area contributed by atoms with Crippen LogP contribution in [0.3, 0.4) is 0 Å². The van der Waals surface area contributed by atoms with Gasteiger partial charge in [-0.1, -0.05) is 13.0 Å². The van der Waals surface area contributed by atoms with E-state index in [2.05, 4.69) is 11.9 Å². The number of nitrogens with zero attached hydrogens (tertiary/aromatic N) is 3. The van der Waals surface area contributed by atoms with Gasteiger partial charge in [0.1, 0.15) is 5.69 Å². The third-order valence-corrected chi connectivity index (χ3v) is 3.29. The minimum absolute atomic E-state index is 0.0385. The number of aryl methyl sites for hydroxylation is 2. The highest BCUT2D eigenvalue weighted by Gasteiger charge is 2.17. The van der Waals surface area contributed by atoms with Crippen LogP contribution < -0.4 is 5.73 Å². The summed E-state index contributed by atoms with van der Waals surface area (Å²) in [5.74, 6) is -0.0385. The molecule has 0 fully saturated rings. The molecule has 0 aliphatic carbocycles. The van der Waals surface area contributed by atoms with Gasteiger partial charge in [-0.15, -0.1) is 0 Å². The normalized spacial score (nSPS) is 10.6. The van der Waals surface area contributed by atoms with Crippen LogP contribution in [0, 0.1) is 6.92 Å². The molecule has 2 heterocycles. The Morgan fingerprint density at radius 3 is 2.86 bits per heavy atom. The van der Waals surface area contributed by atoms with Crippen molar-refractivity contribution < 1.29 is 4.79 Å². The Morgan fingerprint density at radius 1 is 1.43 bits per heavy atom. The van der Waals surface area contributed by atoms with Crippen molar-refractivity contribution in [2.75, 3.05) is 12.8 Å². The van der Waals surface area contributed by atoms with E-state index in [0.29, 0.717) is 17.9 Å². The number of anilines is 1. The van der Waals surface area contributed by atoms with Gasteiger partial charge in [-0.25, -0.2) is 0 Å². The molecule has 112 valence electrons. The minimum atomic E-state index is -0.0385. The van der Waals surface area contributed by atoms with E-state index in [-0.39, 0.29) is 5.91 Å². The number of nitrogen functional groups attached to an aromatic ring is 1. The first-order chi connectivity index (χ1) is 10.0. The van der Waals surface area contributed by atoms with Crippen LogP contribution in [-0.2, 0) is 13.1 Å². The molecule has 1 amide bonds. The fourth-order valence-corrected chi connectivity index (χ4v) is 2.34. The Labute approximate surface area is 125 Å². The minimum Gasteiger partial charge on any atom is -0.397 e. The van der Waals surface area contributed by atoms with Gasteiger partial charge in [0.2, 0.25) is 0 Å². The van der Waals surface area contributed by atoms with E-state index in [9.17, 15) is 4.79 Å². The first-order valence-corrected chi connectivity index (χ1v) is 7.15. The zero-order chi connectivity index (χ0) is 15.4. The van der Waals surface area contributed by atoms with Gasteiger partial charge in [-0.3, -0.25) is 9.78 Å². The summed E-state index contributed by atoms with van der Waals surface area (Å²) in [7, 11) is 1.78. The van der Waals surface area contributed by atoms with Crippen LogP contribution in [-0.4, -0.2) is 27.4 Å². The lowest BCUT2D eigenvalue weighted by atomic mass is 10.3. The van der Waals surface area contributed by atoms with Crippen molar-refractivity contribution in [3.05, 3.63) is 47.5 Å². The topological polar surface area (TPSA) is 64.2 Å². The summed E-state index contributed by atoms with van der Waals surface area (Å²) >= 11 is 0. The predicted octanol–water partition coefficient (Wildman–Crippen LogP) is 2.46. The lowest BCUT2D eigenvalue weighted by Crippen LogP contribution is -2.28. The zero-order valence-corrected chi connectivity index (χ0v) is 12.8. The molecule has 21 heavy (non-hydrogen) atoms. The molecular formula is C16H22N4O. The number of rotatable bonds is 5. The molecule has 5 heteroatoms. The van der Waals surface area contributed by atoms with E-state index >= 15 is 0 Å². The summed E-state index contributed by atoms with van der Waals surface area (Å²) in [4.78, 5) is 18.7. The average molecular weight is 286 g/mol. The molecule has 0 radical (unpaired) electrons. The lowest BCUT2D eigenvalue weighted by Gasteiger charge is -2.18. The largest absolute Gasteiger partial charge is 0.397 e. The number of carbonyl (C=O) groups is 1. The van der Waals surface area contributed by atoms with E-state index in [1.807, 2.05) is 35.9 Å². The van der Waals surface area contributed by atoms with Crippen molar-refractivity contribution in [3.8, 4) is 0 Å². The zero-order valence-electron chi connectivity index (χ0n) is 12.8. The molecule has 0 bridgehead atoms. The molecule has 2 N–H and O–H groups in total. The van der Waals surface area contributed by atoms with Crippen LogP contribution in [0.25, 0.3) is 0 Å². The highest BCUT2D eigenvalue weighted by Crippen LogP contribution is 2.14. The van der Waals surface area contributed by atoms with Crippen LogP contribution in [0.5, 0.6) is 0 Å². The van der Waals surface area contributed by atoms with Crippen molar-refractivity contribution >= 4 is 11.6 Å². The molecule has 2 aromatic rings. The Bertz CT molecular complexity index is 633. The molecule has 2 rings (SSSR count). The lowest BCUT2D eigenvalue weighted by molar-refractivity contribution is 0.0772. The highest BCUT2D eigenvalue weighted by atomic mass is 16.2. The van der Waals surface area contributed by atoms with Crippen molar-refractivity contribution in [2.24, 2.45) is 0 Å². The average Bonchev–Trinajstić information content (AvgIpc) is 2.79. The molecule has 5 nitrogen and oxygen atoms in total. The second-order valence-corrected chi connectivity index (χ2v) is 5.28. The maximum absolute atomic E-state index is 12.6. The van der Waals surface area contributed by atoms with Crippen molar-refractivity contribution in [1.82, 2.24) is 14.5 Å². The molecule has 0 unspecified atom stereocenters. The number of pyridine rings is 1. The van der Waals surface area contributed by atoms with Crippen LogP contribution >= 0.6 is 0 Å². The Hall–Kier alpha value is -2.30. The smallest absolute Gasteiger partial charge is 0.270 e. The number of carbonyl (C=O) groups excluding carboxylic acids is 1. The molecule has 2 aromatic heterocycles. The molecule has 0 aliphatic rings. The van der Waals surface area contributed by atoms with Crippen molar-refractivity contribution in [2.45, 2.75) is 33.4 Å². The molecule has 0 saturated heterocycles. The standard InChI is InChI=1S/C16H22N4O/c1-4-8-20-10-13(17)9-15(20)16(21)19(3)11-14-7-5-6-12(2)18-14/h5-7,9-10H,4,8,11,17H2,1-3H3. The van der Waals surface area contributed by atoms with Crippen molar-refractivity contribution in [3.63, 3.8) is 0 Å². The summed E-state index contributed by atoms with van der Waals surface area (Å²) in [6.07, 6.45) is 2.77. The third kappa shape index (κ3) is 3.62. The van der Waals surface area contributed by atoms with Gasteiger partial charge in [0.25, 0.3) is 5.91 Å². The second-order valence-electron chi connectivity index (χ2n) is 5.28. The highest BCUT2D eigenvalue weighted by molar-refractivity contribution is 5.93. The number of nitrogens with two attached hydrogens (primary N) is 1. The Kier molecular flexibility index (Phi) is 4.62. The molecule has 0 aliphatic heterocycles. The van der Waals surface area contributed by atoms with Gasteiger partial charge in [0.05, 0.1) is 17.9 Å². The Balaban J connectivity index is 2.15. The number of hydrogen-bond acceptors (Lipinski definition) is 3. The fraction of sp³-hybridized carbons (Fsp3) is 0.375. The van der Waals surface area contributed by atoms with Gasteiger partial charge in [0.15, 0.2) is 0 Å². The third-order valence-electron chi connectivity index (χ3n) is 3.29. The summed E-state index contributed by atoms with van der Waals surface area (Å²) in [6, 6.07) is 7.56. The summed E-state index contributed by atoms with van der Waals surface area (Å²) in [5.41, 5.74) is 8.90. The van der Waals surface area contributed by atoms with E-state index in [4.69, 9.17) is 5.73 Å². The molecule has 0 aromatic carbocycles. The van der Waals surface area contributed by atoms with Crippen LogP contribution in [0.1, 0.15) is 35.2 Å². The van der Waals surface area contributed by atoms with Gasteiger partial charge < -0.3 is 15.2 Å². The van der Waals surface area contributed by atoms with E-state index in [0.717, 1.165) is 24.4 Å². The summed E-state index contributed by atoms with van der Waals surface area (Å²) in [6.45, 7) is 5.29. The van der Waals surface area contributed by atoms with Crippen molar-refractivity contribution in [1.29, 1.82) is 0 Å². The van der Waals surface area contributed by atoms with Crippen LogP contribution in [0.4, 0.5) is 5.69 Å². The van der Waals surface area contributed by atoms with Crippen LogP contribution in [0.15, 0.2) is 30.5 Å². The first kappa shape index (κ1) is 15.1. The number of amides is 1. The molecular weight excluding hydrogens is 264 g/mol. The first-order valence-electron chi connectivity index (χ1n) is 7.15. The van der Waals surface area contributed by atoms with E-state index in [1.165, 1.54) is 0 Å². The molecule has 0 spiro atoms. The van der Waals surface area contributed by atoms with Gasteiger partial charge in [0, 0.05) is 25.5 Å². The summed E-state index contributed by atoms with van der Waals surface area (Å²) in [5, 5.41) is 0. The van der Waals surface area contributed by atoms with Gasteiger partial charge in [-0.2, -0.15) is 0 Å². The second kappa shape index (κ2) is 6.43. The number of hydrogen-bond donors (Lipinski definition) is 1. The molecule has 0 atom stereocenters. The van der Waals surface area contributed by atoms with Gasteiger partial charge >= 0.3 is 0 Å². The molecule has 0 saturated carbocycles. The van der Waals surface area contributed by atoms with E-state index in [1.54, 1.807) is 18.0 Å². The maximum Gasteiger partial charge on any atom is 0.270 e. The predicted molar refractivity (Wildman–Crippen MR) is 83.9 cm³/mol. The fourth-order valence-electron chi connectivity index (χ4n) is 2.34. The maximum atomic E-state index is 12.6. The van der Waals surface area contributed by atoms with Gasteiger partial charge in [-0.05, 0) is 31.5 Å². The van der Waals surface area contributed by atoms with Crippen LogP contribution in [0.2, 0.25) is 0 Å². The van der Waals surface area contributed by atoms with E-state index < -0.39 is 0 Å². The Morgan fingerprint density at radius 2 is 2.19 bits per heavy atom. The quantitative estimate of drug-likeness (QED) is 0.918. The summed E-state index contributed by atoms with van der Waals surface area (Å²) < 4.78 is 1.91.